The molecule has 1 aliphatic rings. The molecule has 0 aromatic heterocycles. The van der Waals surface area contributed by atoms with Crippen molar-refractivity contribution in [3.63, 3.8) is 0 Å². The van der Waals surface area contributed by atoms with Crippen molar-refractivity contribution < 1.29 is 19.4 Å². The van der Waals surface area contributed by atoms with E-state index in [1.165, 1.54) is 0 Å². The second-order valence-corrected chi connectivity index (χ2v) is 5.96. The smallest absolute Gasteiger partial charge is 0.418 e. The van der Waals surface area contributed by atoms with Gasteiger partial charge >= 0.3 is 6.09 Å². The summed E-state index contributed by atoms with van der Waals surface area (Å²) in [5.41, 5.74) is 0.220. The summed E-state index contributed by atoms with van der Waals surface area (Å²) in [6.07, 6.45) is 0.680. The molecule has 1 aliphatic heterocycles. The molecule has 2 rings (SSSR count). The number of amides is 2. The van der Waals surface area contributed by atoms with Crippen molar-refractivity contribution in [3.8, 4) is 0 Å². The third-order valence-corrected chi connectivity index (χ3v) is 3.02. The molecule has 5 nitrogen and oxygen atoms in total. The lowest BCUT2D eigenvalue weighted by Gasteiger charge is -2.27. The number of aliphatic hydroxyl groups is 1. The minimum atomic E-state index is -0.742. The maximum Gasteiger partial charge on any atom is 0.418 e. The Balaban J connectivity index is 2.19. The highest BCUT2D eigenvalue weighted by atomic mass is 16.6. The number of aliphatic hydroxyl groups excluding tert-OH is 1. The van der Waals surface area contributed by atoms with Gasteiger partial charge in [-0.15, -0.1) is 0 Å². The van der Waals surface area contributed by atoms with Gasteiger partial charge in [0, 0.05) is 12.5 Å². The summed E-state index contributed by atoms with van der Waals surface area (Å²) in [4.78, 5) is 25.0. The van der Waals surface area contributed by atoms with Crippen LogP contribution in [0.2, 0.25) is 0 Å². The molecule has 0 saturated carbocycles. The molecule has 2 amide bonds. The molecule has 0 spiro atoms. The summed E-state index contributed by atoms with van der Waals surface area (Å²) < 4.78 is 5.23. The number of hydrogen-bond acceptors (Lipinski definition) is 4. The van der Waals surface area contributed by atoms with Crippen molar-refractivity contribution in [3.05, 3.63) is 47.7 Å². The zero-order chi connectivity index (χ0) is 15.6. The Morgan fingerprint density at radius 2 is 1.90 bits per heavy atom. The molecule has 1 heterocycles. The number of carbonyl (C=O) groups is 2. The van der Waals surface area contributed by atoms with Crippen LogP contribution in [0.5, 0.6) is 0 Å². The van der Waals surface area contributed by atoms with E-state index in [1.54, 1.807) is 20.8 Å². The van der Waals surface area contributed by atoms with E-state index >= 15 is 0 Å². The Labute approximate surface area is 123 Å². The van der Waals surface area contributed by atoms with Gasteiger partial charge in [-0.05, 0) is 26.3 Å². The first-order valence-electron chi connectivity index (χ1n) is 6.78. The summed E-state index contributed by atoms with van der Waals surface area (Å²) in [7, 11) is 0. The van der Waals surface area contributed by atoms with Crippen LogP contribution in [0, 0.1) is 0 Å². The van der Waals surface area contributed by atoms with Gasteiger partial charge in [-0.3, -0.25) is 4.79 Å². The van der Waals surface area contributed by atoms with E-state index in [4.69, 9.17) is 4.74 Å². The van der Waals surface area contributed by atoms with Crippen molar-refractivity contribution >= 4 is 12.0 Å². The molecule has 0 saturated heterocycles. The van der Waals surface area contributed by atoms with Gasteiger partial charge in [0.25, 0.3) is 5.91 Å². The van der Waals surface area contributed by atoms with Crippen molar-refractivity contribution in [1.82, 2.24) is 4.90 Å². The summed E-state index contributed by atoms with van der Waals surface area (Å²) in [6, 6.07) is 8.65. The van der Waals surface area contributed by atoms with E-state index in [0.717, 1.165) is 16.5 Å². The van der Waals surface area contributed by atoms with Crippen molar-refractivity contribution in [2.45, 2.75) is 38.8 Å². The molecular formula is C16H19NO4. The molecule has 1 aromatic carbocycles. The maximum atomic E-state index is 12.2. The third-order valence-electron chi connectivity index (χ3n) is 3.02. The summed E-state index contributed by atoms with van der Waals surface area (Å²) >= 11 is 0. The highest BCUT2D eigenvalue weighted by molar-refractivity contribution is 6.02. The minimum Gasteiger partial charge on any atom is -0.510 e. The van der Waals surface area contributed by atoms with Crippen LogP contribution in [0.15, 0.2) is 42.2 Å². The number of ether oxygens (including phenoxy) is 1. The van der Waals surface area contributed by atoms with Crippen molar-refractivity contribution in [2.24, 2.45) is 0 Å². The normalized spacial score (nSPS) is 18.6. The minimum absolute atomic E-state index is 0.116. The van der Waals surface area contributed by atoms with Gasteiger partial charge in [0.2, 0.25) is 0 Å². The molecule has 112 valence electrons. The fraction of sp³-hybridized carbons (Fsp3) is 0.375. The lowest BCUT2D eigenvalue weighted by atomic mass is 10.1. The predicted molar refractivity (Wildman–Crippen MR) is 77.7 cm³/mol. The molecule has 0 fully saturated rings. The van der Waals surface area contributed by atoms with E-state index in [0.29, 0.717) is 6.42 Å². The van der Waals surface area contributed by atoms with Crippen LogP contribution in [-0.4, -0.2) is 33.6 Å². The Morgan fingerprint density at radius 1 is 1.29 bits per heavy atom. The average molecular weight is 289 g/mol. The van der Waals surface area contributed by atoms with Gasteiger partial charge in [-0.25, -0.2) is 9.69 Å². The van der Waals surface area contributed by atoms with Gasteiger partial charge in [0.05, 0.1) is 0 Å². The van der Waals surface area contributed by atoms with Crippen LogP contribution in [0.1, 0.15) is 26.3 Å². The Bertz CT molecular complexity index is 572. The van der Waals surface area contributed by atoms with E-state index in [-0.39, 0.29) is 5.76 Å². The zero-order valence-electron chi connectivity index (χ0n) is 12.4. The summed E-state index contributed by atoms with van der Waals surface area (Å²) in [6.45, 7) is 5.18. The van der Waals surface area contributed by atoms with Crippen molar-refractivity contribution in [2.75, 3.05) is 0 Å². The Morgan fingerprint density at radius 3 is 2.48 bits per heavy atom. The van der Waals surface area contributed by atoms with Crippen LogP contribution in [0.3, 0.4) is 0 Å². The summed E-state index contributed by atoms with van der Waals surface area (Å²) in [5.74, 6) is -0.669. The standard InChI is InChI=1S/C16H19NO4/c1-16(2,3)21-15(20)17-12(13(18)10-14(17)19)9-11-7-5-4-6-8-11/h4-8,10,12,18H,9H2,1-3H3. The van der Waals surface area contributed by atoms with Crippen LogP contribution < -0.4 is 0 Å². The number of rotatable bonds is 2. The zero-order valence-corrected chi connectivity index (χ0v) is 12.4. The lowest BCUT2D eigenvalue weighted by molar-refractivity contribution is -0.125. The largest absolute Gasteiger partial charge is 0.510 e. The molecule has 5 heteroatoms. The second-order valence-electron chi connectivity index (χ2n) is 5.96. The molecule has 0 bridgehead atoms. The van der Waals surface area contributed by atoms with E-state index in [9.17, 15) is 14.7 Å². The molecule has 0 aliphatic carbocycles. The number of benzene rings is 1. The van der Waals surface area contributed by atoms with Crippen molar-refractivity contribution in [1.29, 1.82) is 0 Å². The first kappa shape index (κ1) is 15.1. The van der Waals surface area contributed by atoms with Crippen LogP contribution in [0.4, 0.5) is 4.79 Å². The maximum absolute atomic E-state index is 12.2. The molecule has 1 atom stereocenters. The van der Waals surface area contributed by atoms with Gasteiger partial charge in [0.1, 0.15) is 17.4 Å². The van der Waals surface area contributed by atoms with Gasteiger partial charge in [-0.1, -0.05) is 30.3 Å². The average Bonchev–Trinajstić information content (AvgIpc) is 2.63. The molecule has 1 unspecified atom stereocenters. The monoisotopic (exact) mass is 289 g/mol. The van der Waals surface area contributed by atoms with Crippen LogP contribution in [0.25, 0.3) is 0 Å². The fourth-order valence-electron chi connectivity index (χ4n) is 2.14. The molecule has 1 aromatic rings. The lowest BCUT2D eigenvalue weighted by Crippen LogP contribution is -2.44. The highest BCUT2D eigenvalue weighted by Crippen LogP contribution is 2.24. The molecule has 1 N–H and O–H groups in total. The number of nitrogens with zero attached hydrogens (tertiary/aromatic N) is 1. The fourth-order valence-corrected chi connectivity index (χ4v) is 2.14. The second kappa shape index (κ2) is 5.60. The van der Waals surface area contributed by atoms with Crippen LogP contribution >= 0.6 is 0 Å². The first-order valence-corrected chi connectivity index (χ1v) is 6.78. The molecular weight excluding hydrogens is 270 g/mol. The SMILES string of the molecule is CC(C)(C)OC(=O)N1C(=O)C=C(O)C1Cc1ccccc1. The molecule has 21 heavy (non-hydrogen) atoms. The first-order chi connectivity index (χ1) is 9.78. The highest BCUT2D eigenvalue weighted by Gasteiger charge is 2.39. The van der Waals surface area contributed by atoms with Gasteiger partial charge in [-0.2, -0.15) is 0 Å². The number of imide groups is 1. The van der Waals surface area contributed by atoms with E-state index < -0.39 is 23.6 Å². The predicted octanol–water partition coefficient (Wildman–Crippen LogP) is 2.82. The number of hydrogen-bond donors (Lipinski definition) is 1. The molecule has 0 radical (unpaired) electrons. The third kappa shape index (κ3) is 3.62. The quantitative estimate of drug-likeness (QED) is 0.909. The topological polar surface area (TPSA) is 66.8 Å². The van der Waals surface area contributed by atoms with E-state index in [2.05, 4.69) is 0 Å². The van der Waals surface area contributed by atoms with Gasteiger partial charge in [0.15, 0.2) is 0 Å². The van der Waals surface area contributed by atoms with Crippen LogP contribution in [-0.2, 0) is 16.0 Å². The summed E-state index contributed by atoms with van der Waals surface area (Å²) in [5, 5.41) is 9.93. The van der Waals surface area contributed by atoms with Gasteiger partial charge < -0.3 is 9.84 Å². The Hall–Kier alpha value is -2.30. The van der Waals surface area contributed by atoms with E-state index in [1.807, 2.05) is 30.3 Å². The Kier molecular flexibility index (Phi) is 4.02. The number of carbonyl (C=O) groups excluding carboxylic acids is 2.